The number of aliphatic imine (C=N–C) groups is 1. The number of amides is 1. The molecule has 0 radical (unpaired) electrons. The predicted molar refractivity (Wildman–Crippen MR) is 118 cm³/mol. The minimum absolute atomic E-state index is 0. The molecule has 25 heavy (non-hydrogen) atoms. The van der Waals surface area contributed by atoms with Crippen LogP contribution in [0.25, 0.3) is 0 Å². The molecule has 5 nitrogen and oxygen atoms in total. The molecule has 0 aromatic heterocycles. The fourth-order valence-corrected chi connectivity index (χ4v) is 2.16. The van der Waals surface area contributed by atoms with E-state index >= 15 is 0 Å². The Morgan fingerprint density at radius 3 is 2.48 bits per heavy atom. The van der Waals surface area contributed by atoms with Crippen molar-refractivity contribution in [2.45, 2.75) is 60.0 Å². The number of halogens is 1. The van der Waals surface area contributed by atoms with Crippen molar-refractivity contribution in [2.24, 2.45) is 10.9 Å². The lowest BCUT2D eigenvalue weighted by atomic mass is 10.1. The van der Waals surface area contributed by atoms with Gasteiger partial charge in [0.15, 0.2) is 5.96 Å². The lowest BCUT2D eigenvalue weighted by Gasteiger charge is -2.23. The average molecular weight is 460 g/mol. The van der Waals surface area contributed by atoms with Crippen molar-refractivity contribution in [2.75, 3.05) is 11.9 Å². The van der Waals surface area contributed by atoms with E-state index in [0.717, 1.165) is 23.8 Å². The number of anilines is 1. The third-order valence-corrected chi connectivity index (χ3v) is 3.06. The van der Waals surface area contributed by atoms with Gasteiger partial charge in [-0.05, 0) is 51.3 Å². The molecule has 1 rings (SSSR count). The Hall–Kier alpha value is -1.31. The summed E-state index contributed by atoms with van der Waals surface area (Å²) >= 11 is 0. The Balaban J connectivity index is 0.00000576. The van der Waals surface area contributed by atoms with Crippen molar-refractivity contribution in [3.05, 3.63) is 29.8 Å². The Morgan fingerprint density at radius 1 is 1.24 bits per heavy atom. The number of hydrogen-bond acceptors (Lipinski definition) is 2. The summed E-state index contributed by atoms with van der Waals surface area (Å²) in [6.07, 6.45) is 0.530. The molecule has 0 aliphatic heterocycles. The Morgan fingerprint density at radius 2 is 1.92 bits per heavy atom. The van der Waals surface area contributed by atoms with Gasteiger partial charge in [0, 0.05) is 24.2 Å². The van der Waals surface area contributed by atoms with Crippen LogP contribution < -0.4 is 16.0 Å². The lowest BCUT2D eigenvalue weighted by Crippen LogP contribution is -2.47. The summed E-state index contributed by atoms with van der Waals surface area (Å²) < 4.78 is 0. The standard InChI is InChI=1S/C19H32N4O.HI/c1-7-20-18(23-19(4,5)6)21-13-15-9-8-10-16(12-15)22-17(24)11-14(2)3;/h8-10,12,14H,7,11,13H2,1-6H3,(H,22,24)(H2,20,21,23);1H. The number of guanidine groups is 1. The van der Waals surface area contributed by atoms with Crippen LogP contribution >= 0.6 is 24.0 Å². The van der Waals surface area contributed by atoms with Gasteiger partial charge in [0.05, 0.1) is 6.54 Å². The van der Waals surface area contributed by atoms with Crippen molar-refractivity contribution in [1.29, 1.82) is 0 Å². The van der Waals surface area contributed by atoms with Crippen LogP contribution in [0.2, 0.25) is 0 Å². The zero-order valence-electron chi connectivity index (χ0n) is 16.3. The molecule has 0 spiro atoms. The number of carbonyl (C=O) groups excluding carboxylic acids is 1. The van der Waals surface area contributed by atoms with Crippen LogP contribution in [0.3, 0.4) is 0 Å². The quantitative estimate of drug-likeness (QED) is 0.340. The molecule has 0 unspecified atom stereocenters. The molecule has 0 aliphatic rings. The minimum Gasteiger partial charge on any atom is -0.357 e. The Kier molecular flexibility index (Phi) is 10.7. The highest BCUT2D eigenvalue weighted by atomic mass is 127. The topological polar surface area (TPSA) is 65.5 Å². The SMILES string of the molecule is CCNC(=NCc1cccc(NC(=O)CC(C)C)c1)NC(C)(C)C.I. The molecule has 0 aliphatic carbocycles. The van der Waals surface area contributed by atoms with Crippen LogP contribution in [0.1, 0.15) is 53.5 Å². The molecule has 1 aromatic carbocycles. The highest BCUT2D eigenvalue weighted by Gasteiger charge is 2.11. The fraction of sp³-hybridized carbons (Fsp3) is 0.579. The molecule has 0 saturated carbocycles. The van der Waals surface area contributed by atoms with E-state index in [9.17, 15) is 4.79 Å². The molecule has 1 amide bonds. The number of benzene rings is 1. The fourth-order valence-electron chi connectivity index (χ4n) is 2.16. The summed E-state index contributed by atoms with van der Waals surface area (Å²) in [5.41, 5.74) is 1.83. The second kappa shape index (κ2) is 11.3. The molecule has 0 atom stereocenters. The molecule has 0 saturated heterocycles. The predicted octanol–water partition coefficient (Wildman–Crippen LogP) is 4.14. The van der Waals surface area contributed by atoms with E-state index in [1.54, 1.807) is 0 Å². The molecule has 0 heterocycles. The number of rotatable bonds is 6. The summed E-state index contributed by atoms with van der Waals surface area (Å²) in [4.78, 5) is 16.5. The molecule has 3 N–H and O–H groups in total. The zero-order chi connectivity index (χ0) is 18.2. The van der Waals surface area contributed by atoms with Gasteiger partial charge in [-0.1, -0.05) is 26.0 Å². The van der Waals surface area contributed by atoms with E-state index in [0.29, 0.717) is 18.9 Å². The molecule has 0 fully saturated rings. The van der Waals surface area contributed by atoms with Gasteiger partial charge in [-0.2, -0.15) is 0 Å². The Bertz CT molecular complexity index is 565. The van der Waals surface area contributed by atoms with E-state index in [1.165, 1.54) is 0 Å². The Labute approximate surface area is 169 Å². The van der Waals surface area contributed by atoms with Crippen molar-refractivity contribution in [3.8, 4) is 0 Å². The van der Waals surface area contributed by atoms with Crippen LogP contribution in [0.15, 0.2) is 29.3 Å². The van der Waals surface area contributed by atoms with E-state index in [2.05, 4.69) is 41.7 Å². The summed E-state index contributed by atoms with van der Waals surface area (Å²) in [5, 5.41) is 9.56. The summed E-state index contributed by atoms with van der Waals surface area (Å²) in [5.74, 6) is 1.19. The van der Waals surface area contributed by atoms with Crippen LogP contribution in [0.4, 0.5) is 5.69 Å². The number of nitrogens with one attached hydrogen (secondary N) is 3. The van der Waals surface area contributed by atoms with Crippen molar-refractivity contribution in [1.82, 2.24) is 10.6 Å². The van der Waals surface area contributed by atoms with Gasteiger partial charge in [0.2, 0.25) is 5.91 Å². The van der Waals surface area contributed by atoms with E-state index < -0.39 is 0 Å². The maximum absolute atomic E-state index is 11.9. The van der Waals surface area contributed by atoms with Crippen LogP contribution in [-0.4, -0.2) is 24.0 Å². The van der Waals surface area contributed by atoms with Crippen molar-refractivity contribution in [3.63, 3.8) is 0 Å². The first-order valence-corrected chi connectivity index (χ1v) is 8.65. The monoisotopic (exact) mass is 460 g/mol. The van der Waals surface area contributed by atoms with Crippen molar-refractivity contribution >= 4 is 41.5 Å². The third kappa shape index (κ3) is 11.0. The van der Waals surface area contributed by atoms with E-state index in [-0.39, 0.29) is 35.4 Å². The maximum Gasteiger partial charge on any atom is 0.224 e. The number of carbonyl (C=O) groups is 1. The van der Waals surface area contributed by atoms with Crippen LogP contribution in [0, 0.1) is 5.92 Å². The van der Waals surface area contributed by atoms with Gasteiger partial charge >= 0.3 is 0 Å². The molecular formula is C19H33IN4O. The van der Waals surface area contributed by atoms with Crippen LogP contribution in [-0.2, 0) is 11.3 Å². The van der Waals surface area contributed by atoms with Crippen molar-refractivity contribution < 1.29 is 4.79 Å². The van der Waals surface area contributed by atoms with Gasteiger partial charge in [-0.15, -0.1) is 24.0 Å². The van der Waals surface area contributed by atoms with Gasteiger partial charge < -0.3 is 16.0 Å². The highest BCUT2D eigenvalue weighted by molar-refractivity contribution is 14.0. The van der Waals surface area contributed by atoms with Gasteiger partial charge in [0.25, 0.3) is 0 Å². The van der Waals surface area contributed by atoms with Gasteiger partial charge in [-0.25, -0.2) is 4.99 Å². The number of hydrogen-bond donors (Lipinski definition) is 3. The lowest BCUT2D eigenvalue weighted by molar-refractivity contribution is -0.116. The normalized spacial score (nSPS) is 11.7. The molecule has 1 aromatic rings. The average Bonchev–Trinajstić information content (AvgIpc) is 2.43. The summed E-state index contributed by atoms with van der Waals surface area (Å²) in [7, 11) is 0. The van der Waals surface area contributed by atoms with E-state index in [1.807, 2.05) is 45.0 Å². The second-order valence-corrected chi connectivity index (χ2v) is 7.42. The summed E-state index contributed by atoms with van der Waals surface area (Å²) in [6.45, 7) is 13.8. The second-order valence-electron chi connectivity index (χ2n) is 7.42. The molecule has 6 heteroatoms. The number of nitrogens with zero attached hydrogens (tertiary/aromatic N) is 1. The first-order valence-electron chi connectivity index (χ1n) is 8.65. The maximum atomic E-state index is 11.9. The molecule has 142 valence electrons. The van der Waals surface area contributed by atoms with Crippen LogP contribution in [0.5, 0.6) is 0 Å². The van der Waals surface area contributed by atoms with Gasteiger partial charge in [0.1, 0.15) is 0 Å². The zero-order valence-corrected chi connectivity index (χ0v) is 18.6. The first-order chi connectivity index (χ1) is 11.2. The highest BCUT2D eigenvalue weighted by Crippen LogP contribution is 2.13. The molecule has 0 bridgehead atoms. The van der Waals surface area contributed by atoms with Gasteiger partial charge in [-0.3, -0.25) is 4.79 Å². The summed E-state index contributed by atoms with van der Waals surface area (Å²) in [6, 6.07) is 7.84. The third-order valence-electron chi connectivity index (χ3n) is 3.06. The van der Waals surface area contributed by atoms with E-state index in [4.69, 9.17) is 0 Å². The first kappa shape index (κ1) is 23.7. The smallest absolute Gasteiger partial charge is 0.224 e. The minimum atomic E-state index is -0.0479. The molecular weight excluding hydrogens is 427 g/mol. The largest absolute Gasteiger partial charge is 0.357 e.